The second-order valence-corrected chi connectivity index (χ2v) is 10.3. The summed E-state index contributed by atoms with van der Waals surface area (Å²) >= 11 is 0. The quantitative estimate of drug-likeness (QED) is 0.242. The van der Waals surface area contributed by atoms with Crippen LogP contribution in [0.3, 0.4) is 0 Å². The number of hydrogen-bond acceptors (Lipinski definition) is 11. The van der Waals surface area contributed by atoms with Crippen molar-refractivity contribution in [3.05, 3.63) is 11.1 Å². The maximum Gasteiger partial charge on any atom is 0.312 e. The van der Waals surface area contributed by atoms with Crippen molar-refractivity contribution >= 4 is 11.9 Å². The summed E-state index contributed by atoms with van der Waals surface area (Å²) in [6.45, 7) is 5.96. The van der Waals surface area contributed by atoms with Crippen LogP contribution in [0.5, 0.6) is 0 Å². The molecule has 0 aromatic rings. The van der Waals surface area contributed by atoms with E-state index >= 15 is 0 Å². The number of aliphatic hydroxyl groups is 5. The smallest absolute Gasteiger partial charge is 0.312 e. The Labute approximate surface area is 197 Å². The van der Waals surface area contributed by atoms with Crippen LogP contribution in [0.25, 0.3) is 0 Å². The molecule has 2 heterocycles. The molecular weight excluding hydrogens is 452 g/mol. The molecule has 0 amide bonds. The molecule has 2 saturated heterocycles. The summed E-state index contributed by atoms with van der Waals surface area (Å²) in [5.74, 6) is -1.75. The minimum atomic E-state index is -1.64. The second-order valence-electron chi connectivity index (χ2n) is 10.3. The number of carbonyl (C=O) groups is 2. The van der Waals surface area contributed by atoms with Gasteiger partial charge in [0.1, 0.15) is 42.2 Å². The predicted molar refractivity (Wildman–Crippen MR) is 113 cm³/mol. The first-order chi connectivity index (χ1) is 15.8. The minimum absolute atomic E-state index is 0.305. The van der Waals surface area contributed by atoms with Crippen molar-refractivity contribution in [2.75, 3.05) is 6.61 Å². The lowest BCUT2D eigenvalue weighted by molar-refractivity contribution is -0.315. The van der Waals surface area contributed by atoms with E-state index in [-0.39, 0.29) is 0 Å². The summed E-state index contributed by atoms with van der Waals surface area (Å²) in [5.41, 5.74) is -0.700. The van der Waals surface area contributed by atoms with Crippen molar-refractivity contribution in [1.82, 2.24) is 0 Å². The molecule has 11 atom stereocenters. The number of ether oxygens (including phenoxy) is 4. The second kappa shape index (κ2) is 8.81. The number of hydrogen-bond donors (Lipinski definition) is 5. The molecule has 11 heteroatoms. The highest BCUT2D eigenvalue weighted by Crippen LogP contribution is 2.57. The third kappa shape index (κ3) is 3.87. The van der Waals surface area contributed by atoms with Gasteiger partial charge >= 0.3 is 11.9 Å². The molecule has 1 saturated carbocycles. The van der Waals surface area contributed by atoms with Gasteiger partial charge in [-0.3, -0.25) is 9.59 Å². The van der Waals surface area contributed by atoms with E-state index in [9.17, 15) is 35.1 Å². The zero-order chi connectivity index (χ0) is 25.2. The molecule has 34 heavy (non-hydrogen) atoms. The van der Waals surface area contributed by atoms with Crippen LogP contribution < -0.4 is 0 Å². The first-order valence-electron chi connectivity index (χ1n) is 11.6. The van der Waals surface area contributed by atoms with Crippen LogP contribution >= 0.6 is 0 Å². The standard InChI is InChI=1S/C23H34O11/c1-9-14-19-23(30,10(2)20(29)34-19)6-5-22(14,4)7-12(31-11(3)25)18(9)33-21-17(28)16(27)15(26)13(8-24)32-21/h10,12-13,15-19,21,24,26-28,30H,5-8H2,1-4H3/t10-,12?,13+,15+,16-,17+,18-,19-,21-,22-,23+/m0/s1. The van der Waals surface area contributed by atoms with E-state index in [2.05, 4.69) is 0 Å². The molecule has 0 aromatic heterocycles. The minimum Gasteiger partial charge on any atom is -0.459 e. The van der Waals surface area contributed by atoms with Crippen molar-refractivity contribution in [1.29, 1.82) is 0 Å². The van der Waals surface area contributed by atoms with E-state index in [0.29, 0.717) is 30.4 Å². The van der Waals surface area contributed by atoms with Crippen LogP contribution in [0, 0.1) is 11.3 Å². The molecular formula is C23H34O11. The zero-order valence-corrected chi connectivity index (χ0v) is 19.7. The number of rotatable bonds is 4. The molecule has 2 aliphatic heterocycles. The first kappa shape index (κ1) is 25.5. The maximum absolute atomic E-state index is 12.4. The predicted octanol–water partition coefficient (Wildman–Crippen LogP) is -1.08. The fraction of sp³-hybridized carbons (Fsp3) is 0.826. The lowest BCUT2D eigenvalue weighted by Gasteiger charge is -2.52. The Hall–Kier alpha value is -1.60. The van der Waals surface area contributed by atoms with Gasteiger partial charge in [-0.25, -0.2) is 0 Å². The van der Waals surface area contributed by atoms with Crippen LogP contribution in [0.2, 0.25) is 0 Å². The lowest BCUT2D eigenvalue weighted by atomic mass is 9.57. The molecule has 2 aliphatic carbocycles. The van der Waals surface area contributed by atoms with Crippen molar-refractivity contribution in [2.45, 2.75) is 102 Å². The van der Waals surface area contributed by atoms with Crippen LogP contribution in [-0.4, -0.2) is 98.7 Å². The van der Waals surface area contributed by atoms with Crippen LogP contribution in [-0.2, 0) is 28.5 Å². The Morgan fingerprint density at radius 1 is 1.18 bits per heavy atom. The number of carbonyl (C=O) groups excluding carboxylic acids is 2. The summed E-state index contributed by atoms with van der Waals surface area (Å²) in [5, 5.41) is 51.5. The normalized spacial score (nSPS) is 48.7. The summed E-state index contributed by atoms with van der Waals surface area (Å²) in [7, 11) is 0. The van der Waals surface area contributed by atoms with Crippen molar-refractivity contribution in [3.63, 3.8) is 0 Å². The molecule has 3 fully saturated rings. The van der Waals surface area contributed by atoms with Crippen LogP contribution in [0.15, 0.2) is 11.1 Å². The Morgan fingerprint density at radius 3 is 2.47 bits per heavy atom. The van der Waals surface area contributed by atoms with Gasteiger partial charge in [0.15, 0.2) is 12.4 Å². The van der Waals surface area contributed by atoms with E-state index < -0.39 is 84.5 Å². The number of aliphatic hydroxyl groups excluding tert-OH is 4. The Balaban J connectivity index is 1.73. The fourth-order valence-corrected chi connectivity index (χ4v) is 6.04. The highest BCUT2D eigenvalue weighted by molar-refractivity contribution is 5.77. The highest BCUT2D eigenvalue weighted by Gasteiger charge is 2.63. The number of fused-ring (bicyclic) bond motifs is 3. The summed E-state index contributed by atoms with van der Waals surface area (Å²) in [4.78, 5) is 24.3. The first-order valence-corrected chi connectivity index (χ1v) is 11.6. The molecule has 11 nitrogen and oxygen atoms in total. The fourth-order valence-electron chi connectivity index (χ4n) is 6.04. The molecule has 0 radical (unpaired) electrons. The Kier molecular flexibility index (Phi) is 6.60. The monoisotopic (exact) mass is 486 g/mol. The molecule has 4 aliphatic rings. The largest absolute Gasteiger partial charge is 0.459 e. The molecule has 0 spiro atoms. The van der Waals surface area contributed by atoms with Crippen molar-refractivity contribution in [2.24, 2.45) is 11.3 Å². The highest BCUT2D eigenvalue weighted by atomic mass is 16.7. The third-order valence-corrected chi connectivity index (χ3v) is 8.07. The zero-order valence-electron chi connectivity index (χ0n) is 19.7. The molecule has 4 rings (SSSR count). The average Bonchev–Trinajstić information content (AvgIpc) is 2.99. The maximum atomic E-state index is 12.4. The van der Waals surface area contributed by atoms with Crippen molar-refractivity contribution < 1.29 is 54.1 Å². The molecule has 0 aromatic carbocycles. The summed E-state index contributed by atoms with van der Waals surface area (Å²) in [6.07, 6.45) is -8.94. The topological polar surface area (TPSA) is 172 Å². The van der Waals surface area contributed by atoms with E-state index in [1.54, 1.807) is 13.8 Å². The number of esters is 2. The van der Waals surface area contributed by atoms with Gasteiger partial charge in [0.25, 0.3) is 0 Å². The summed E-state index contributed by atoms with van der Waals surface area (Å²) in [6, 6.07) is 0. The van der Waals surface area contributed by atoms with Gasteiger partial charge in [0.2, 0.25) is 0 Å². The van der Waals surface area contributed by atoms with E-state index in [4.69, 9.17) is 18.9 Å². The van der Waals surface area contributed by atoms with Crippen molar-refractivity contribution in [3.8, 4) is 0 Å². The molecule has 192 valence electrons. The van der Waals surface area contributed by atoms with Gasteiger partial charge in [-0.05, 0) is 49.7 Å². The van der Waals surface area contributed by atoms with E-state index in [1.807, 2.05) is 6.92 Å². The molecule has 1 unspecified atom stereocenters. The van der Waals surface area contributed by atoms with Gasteiger partial charge in [-0.15, -0.1) is 0 Å². The average molecular weight is 487 g/mol. The van der Waals surface area contributed by atoms with Gasteiger partial charge < -0.3 is 44.5 Å². The summed E-state index contributed by atoms with van der Waals surface area (Å²) < 4.78 is 22.8. The van der Waals surface area contributed by atoms with Gasteiger partial charge in [0, 0.05) is 6.92 Å². The Bertz CT molecular complexity index is 871. The SMILES string of the molecule is CC(=O)OC1C[C@]2(C)CC[C@@]3(O)[C@@H](C)C(=O)O[C@H]3C2=C(C)[C@@H]1O[C@@H]1O[C@H](CO)[C@@H](O)[C@H](O)[C@H]1O. The molecule has 0 bridgehead atoms. The van der Waals surface area contributed by atoms with Gasteiger partial charge in [-0.2, -0.15) is 0 Å². The van der Waals surface area contributed by atoms with Gasteiger partial charge in [0.05, 0.1) is 12.5 Å². The van der Waals surface area contributed by atoms with Crippen LogP contribution in [0.4, 0.5) is 0 Å². The van der Waals surface area contributed by atoms with Gasteiger partial charge in [-0.1, -0.05) is 6.92 Å². The Morgan fingerprint density at radius 2 is 1.85 bits per heavy atom. The van der Waals surface area contributed by atoms with E-state index in [1.165, 1.54) is 6.92 Å². The lowest BCUT2D eigenvalue weighted by Crippen LogP contribution is -2.61. The molecule has 5 N–H and O–H groups in total. The third-order valence-electron chi connectivity index (χ3n) is 8.07. The van der Waals surface area contributed by atoms with Crippen LogP contribution in [0.1, 0.15) is 47.0 Å². The van der Waals surface area contributed by atoms with E-state index in [0.717, 1.165) is 0 Å².